The molecule has 0 spiro atoms. The third-order valence-corrected chi connectivity index (χ3v) is 5.70. The molecule has 2 fully saturated rings. The molecule has 1 aromatic carbocycles. The lowest BCUT2D eigenvalue weighted by Gasteiger charge is -2.27. The number of ether oxygens (including phenoxy) is 1. The van der Waals surface area contributed by atoms with Crippen LogP contribution in [0.5, 0.6) is 5.75 Å². The highest BCUT2D eigenvalue weighted by molar-refractivity contribution is 5.97. The number of hydrogen-bond acceptors (Lipinski definition) is 4. The van der Waals surface area contributed by atoms with Crippen molar-refractivity contribution in [1.82, 2.24) is 5.32 Å². The van der Waals surface area contributed by atoms with Gasteiger partial charge in [-0.3, -0.25) is 9.59 Å². The van der Waals surface area contributed by atoms with E-state index in [-0.39, 0.29) is 23.7 Å². The largest absolute Gasteiger partial charge is 0.495 e. The average Bonchev–Trinajstić information content (AvgIpc) is 2.69. The van der Waals surface area contributed by atoms with Crippen molar-refractivity contribution in [3.05, 3.63) is 18.2 Å². The molecule has 0 bridgehead atoms. The van der Waals surface area contributed by atoms with Gasteiger partial charge in [0.25, 0.3) is 0 Å². The molecule has 0 aromatic heterocycles. The maximum absolute atomic E-state index is 12.6. The third kappa shape index (κ3) is 5.22. The monoisotopic (exact) mass is 373 g/mol. The number of hydrogen-bond donors (Lipinski definition) is 3. The standard InChI is InChI=1S/C21H31N3O3/c1-14-12-16(10-11-22-14)21(26)23-17-8-9-19(27-2)18(13-17)24-20(25)15-6-4-3-5-7-15/h8-9,13-16,22H,3-7,10-12H2,1-2H3,(H,23,26)(H,24,25)/t14-,16-/m0/s1. The number of carbonyl (C=O) groups excluding carboxylic acids is 2. The lowest BCUT2D eigenvalue weighted by atomic mass is 9.88. The van der Waals surface area contributed by atoms with Crippen LogP contribution in [0.4, 0.5) is 11.4 Å². The van der Waals surface area contributed by atoms with Crippen LogP contribution in [0.3, 0.4) is 0 Å². The number of methoxy groups -OCH3 is 1. The van der Waals surface area contributed by atoms with Gasteiger partial charge in [-0.25, -0.2) is 0 Å². The Balaban J connectivity index is 1.67. The van der Waals surface area contributed by atoms with Gasteiger partial charge in [-0.1, -0.05) is 19.3 Å². The maximum atomic E-state index is 12.6. The first-order chi connectivity index (χ1) is 13.1. The zero-order valence-electron chi connectivity index (χ0n) is 16.3. The van der Waals surface area contributed by atoms with Crippen LogP contribution in [0.2, 0.25) is 0 Å². The van der Waals surface area contributed by atoms with Crippen molar-refractivity contribution in [3.63, 3.8) is 0 Å². The molecule has 27 heavy (non-hydrogen) atoms. The van der Waals surface area contributed by atoms with Gasteiger partial charge in [-0.2, -0.15) is 0 Å². The first kappa shape index (κ1) is 19.7. The summed E-state index contributed by atoms with van der Waals surface area (Å²) in [4.78, 5) is 25.2. The van der Waals surface area contributed by atoms with Gasteiger partial charge in [-0.15, -0.1) is 0 Å². The van der Waals surface area contributed by atoms with Crippen molar-refractivity contribution >= 4 is 23.2 Å². The van der Waals surface area contributed by atoms with Gasteiger partial charge < -0.3 is 20.7 Å². The highest BCUT2D eigenvalue weighted by Gasteiger charge is 2.25. The summed E-state index contributed by atoms with van der Waals surface area (Å²) in [5.41, 5.74) is 1.30. The second-order valence-corrected chi connectivity index (χ2v) is 7.80. The molecule has 3 rings (SSSR count). The Hall–Kier alpha value is -2.08. The number of rotatable bonds is 5. The molecule has 6 nitrogen and oxygen atoms in total. The van der Waals surface area contributed by atoms with Crippen LogP contribution in [0.15, 0.2) is 18.2 Å². The lowest BCUT2D eigenvalue weighted by Crippen LogP contribution is -2.40. The number of benzene rings is 1. The van der Waals surface area contributed by atoms with E-state index in [0.29, 0.717) is 23.2 Å². The van der Waals surface area contributed by atoms with Crippen molar-refractivity contribution in [2.24, 2.45) is 11.8 Å². The first-order valence-corrected chi connectivity index (χ1v) is 10.1. The van der Waals surface area contributed by atoms with Crippen molar-refractivity contribution in [3.8, 4) is 5.75 Å². The van der Waals surface area contributed by atoms with E-state index in [1.807, 2.05) is 6.07 Å². The summed E-state index contributed by atoms with van der Waals surface area (Å²) < 4.78 is 5.39. The molecule has 1 heterocycles. The molecule has 148 valence electrons. The normalized spacial score (nSPS) is 23.5. The number of carbonyl (C=O) groups is 2. The van der Waals surface area contributed by atoms with Crippen LogP contribution in [0.25, 0.3) is 0 Å². The van der Waals surface area contributed by atoms with Crippen LogP contribution in [0, 0.1) is 11.8 Å². The quantitative estimate of drug-likeness (QED) is 0.738. The minimum absolute atomic E-state index is 0.0173. The Morgan fingerprint density at radius 1 is 1.04 bits per heavy atom. The Morgan fingerprint density at radius 3 is 2.48 bits per heavy atom. The molecule has 1 aliphatic heterocycles. The Bertz CT molecular complexity index is 671. The molecule has 1 saturated heterocycles. The topological polar surface area (TPSA) is 79.5 Å². The van der Waals surface area contributed by atoms with Crippen molar-refractivity contribution in [2.75, 3.05) is 24.3 Å². The fraction of sp³-hybridized carbons (Fsp3) is 0.619. The SMILES string of the molecule is COc1ccc(NC(=O)[C@H]2CCN[C@@H](C)C2)cc1NC(=O)C1CCCCC1. The summed E-state index contributed by atoms with van der Waals surface area (Å²) in [5.74, 6) is 0.774. The van der Waals surface area contributed by atoms with Gasteiger partial charge in [0.1, 0.15) is 5.75 Å². The van der Waals surface area contributed by atoms with Gasteiger partial charge in [0.15, 0.2) is 0 Å². The first-order valence-electron chi connectivity index (χ1n) is 10.1. The number of anilines is 2. The lowest BCUT2D eigenvalue weighted by molar-refractivity contribution is -0.121. The van der Waals surface area contributed by atoms with Crippen LogP contribution in [0.1, 0.15) is 51.9 Å². The van der Waals surface area contributed by atoms with E-state index in [9.17, 15) is 9.59 Å². The predicted molar refractivity (Wildman–Crippen MR) is 107 cm³/mol. The van der Waals surface area contributed by atoms with E-state index in [1.165, 1.54) is 6.42 Å². The Labute approximate surface area is 161 Å². The van der Waals surface area contributed by atoms with Crippen LogP contribution < -0.4 is 20.7 Å². The van der Waals surface area contributed by atoms with E-state index in [4.69, 9.17) is 4.74 Å². The highest BCUT2D eigenvalue weighted by atomic mass is 16.5. The smallest absolute Gasteiger partial charge is 0.227 e. The zero-order valence-corrected chi connectivity index (χ0v) is 16.3. The second kappa shape index (κ2) is 9.22. The molecule has 1 saturated carbocycles. The number of nitrogens with one attached hydrogen (secondary N) is 3. The third-order valence-electron chi connectivity index (χ3n) is 5.70. The van der Waals surface area contributed by atoms with E-state index >= 15 is 0 Å². The zero-order chi connectivity index (χ0) is 19.2. The van der Waals surface area contributed by atoms with Crippen LogP contribution in [-0.4, -0.2) is 31.5 Å². The fourth-order valence-electron chi connectivity index (χ4n) is 4.10. The summed E-state index contributed by atoms with van der Waals surface area (Å²) in [6, 6.07) is 5.76. The van der Waals surface area contributed by atoms with Gasteiger partial charge in [0, 0.05) is 23.6 Å². The summed E-state index contributed by atoms with van der Waals surface area (Å²) in [5, 5.41) is 9.37. The highest BCUT2D eigenvalue weighted by Crippen LogP contribution is 2.31. The molecule has 6 heteroatoms. The molecule has 0 radical (unpaired) electrons. The molecule has 2 aliphatic rings. The molecule has 2 amide bonds. The van der Waals surface area contributed by atoms with Crippen LogP contribution in [-0.2, 0) is 9.59 Å². The molecule has 1 aliphatic carbocycles. The van der Waals surface area contributed by atoms with Crippen molar-refractivity contribution < 1.29 is 14.3 Å². The Kier molecular flexibility index (Phi) is 6.72. The van der Waals surface area contributed by atoms with E-state index in [1.54, 1.807) is 19.2 Å². The van der Waals surface area contributed by atoms with E-state index in [0.717, 1.165) is 45.1 Å². The molecule has 3 N–H and O–H groups in total. The van der Waals surface area contributed by atoms with Crippen molar-refractivity contribution in [2.45, 2.75) is 57.9 Å². The minimum atomic E-state index is 0.0173. The number of amides is 2. The van der Waals surface area contributed by atoms with E-state index in [2.05, 4.69) is 22.9 Å². The minimum Gasteiger partial charge on any atom is -0.495 e. The molecule has 2 atom stereocenters. The van der Waals surface area contributed by atoms with Crippen LogP contribution >= 0.6 is 0 Å². The average molecular weight is 373 g/mol. The molecule has 1 aromatic rings. The molecular weight excluding hydrogens is 342 g/mol. The van der Waals surface area contributed by atoms with Gasteiger partial charge >= 0.3 is 0 Å². The fourth-order valence-corrected chi connectivity index (χ4v) is 4.10. The molecule has 0 unspecified atom stereocenters. The summed E-state index contributed by atoms with van der Waals surface area (Å²) in [7, 11) is 1.58. The maximum Gasteiger partial charge on any atom is 0.227 e. The van der Waals surface area contributed by atoms with Gasteiger partial charge in [0.05, 0.1) is 12.8 Å². The summed E-state index contributed by atoms with van der Waals surface area (Å²) in [6.07, 6.45) is 7.01. The predicted octanol–water partition coefficient (Wildman–Crippen LogP) is 3.54. The summed E-state index contributed by atoms with van der Waals surface area (Å²) in [6.45, 7) is 2.97. The number of piperidine rings is 1. The van der Waals surface area contributed by atoms with Crippen molar-refractivity contribution in [1.29, 1.82) is 0 Å². The van der Waals surface area contributed by atoms with Gasteiger partial charge in [-0.05, 0) is 57.4 Å². The van der Waals surface area contributed by atoms with Gasteiger partial charge in [0.2, 0.25) is 11.8 Å². The summed E-state index contributed by atoms with van der Waals surface area (Å²) >= 11 is 0. The Morgan fingerprint density at radius 2 is 1.78 bits per heavy atom. The van der Waals surface area contributed by atoms with E-state index < -0.39 is 0 Å². The molecular formula is C21H31N3O3. The second-order valence-electron chi connectivity index (χ2n) is 7.80.